The number of carbonyl (C=O) groups excluding carboxylic acids is 1. The van der Waals surface area contributed by atoms with Gasteiger partial charge in [0.25, 0.3) is 0 Å². The Bertz CT molecular complexity index is 225. The van der Waals surface area contributed by atoms with Crippen molar-refractivity contribution in [2.24, 2.45) is 11.7 Å². The maximum absolute atomic E-state index is 11.7. The van der Waals surface area contributed by atoms with Crippen LogP contribution in [0.25, 0.3) is 0 Å². The molecule has 0 aromatic rings. The van der Waals surface area contributed by atoms with E-state index in [0.29, 0.717) is 12.5 Å². The number of carbonyl (C=O) groups is 1. The molecule has 0 aromatic carbocycles. The van der Waals surface area contributed by atoms with Gasteiger partial charge in [0.15, 0.2) is 0 Å². The summed E-state index contributed by atoms with van der Waals surface area (Å²) < 4.78 is 5.44. The van der Waals surface area contributed by atoms with Crippen molar-refractivity contribution in [3.63, 3.8) is 0 Å². The first kappa shape index (κ1) is 12.5. The molecule has 0 spiro atoms. The highest BCUT2D eigenvalue weighted by Gasteiger charge is 2.30. The molecule has 1 fully saturated rings. The van der Waals surface area contributed by atoms with Gasteiger partial charge in [-0.15, -0.1) is 0 Å². The van der Waals surface area contributed by atoms with Crippen molar-refractivity contribution in [2.45, 2.75) is 39.3 Å². The number of ether oxygens (including phenoxy) is 1. The lowest BCUT2D eigenvalue weighted by Gasteiger charge is -2.22. The fourth-order valence-electron chi connectivity index (χ4n) is 1.57. The van der Waals surface area contributed by atoms with Crippen LogP contribution in [0, 0.1) is 5.92 Å². The average Bonchev–Trinajstić information content (AvgIpc) is 2.42. The lowest BCUT2D eigenvalue weighted by molar-refractivity contribution is -0.140. The van der Waals surface area contributed by atoms with Crippen molar-refractivity contribution < 1.29 is 9.53 Å². The van der Waals surface area contributed by atoms with Gasteiger partial charge < -0.3 is 15.4 Å². The fraction of sp³-hybridized carbons (Fsp3) is 0.909. The SMILES string of the molecule is CC1CN(C(=O)COC(C)(C)C)CC1N. The molecule has 0 bridgehead atoms. The molecule has 0 radical (unpaired) electrons. The van der Waals surface area contributed by atoms with E-state index in [1.807, 2.05) is 20.8 Å². The predicted octanol–water partition coefficient (Wildman–Crippen LogP) is 0.607. The zero-order valence-electron chi connectivity index (χ0n) is 10.1. The van der Waals surface area contributed by atoms with E-state index in [0.717, 1.165) is 6.54 Å². The molecule has 4 nitrogen and oxygen atoms in total. The average molecular weight is 214 g/mol. The summed E-state index contributed by atoms with van der Waals surface area (Å²) in [6.07, 6.45) is 0. The molecule has 15 heavy (non-hydrogen) atoms. The van der Waals surface area contributed by atoms with Crippen molar-refractivity contribution in [1.82, 2.24) is 4.90 Å². The molecular formula is C11H22N2O2. The van der Waals surface area contributed by atoms with Crippen molar-refractivity contribution in [2.75, 3.05) is 19.7 Å². The quantitative estimate of drug-likeness (QED) is 0.732. The first-order valence-electron chi connectivity index (χ1n) is 5.47. The van der Waals surface area contributed by atoms with Crippen LogP contribution in [-0.2, 0) is 9.53 Å². The van der Waals surface area contributed by atoms with Crippen LogP contribution in [0.15, 0.2) is 0 Å². The Morgan fingerprint density at radius 1 is 1.47 bits per heavy atom. The van der Waals surface area contributed by atoms with E-state index in [2.05, 4.69) is 6.92 Å². The normalized spacial score (nSPS) is 27.1. The minimum absolute atomic E-state index is 0.0460. The highest BCUT2D eigenvalue weighted by atomic mass is 16.5. The first-order chi connectivity index (χ1) is 6.79. The van der Waals surface area contributed by atoms with Crippen molar-refractivity contribution >= 4 is 5.91 Å². The lowest BCUT2D eigenvalue weighted by Crippen LogP contribution is -2.36. The van der Waals surface area contributed by atoms with Gasteiger partial charge >= 0.3 is 0 Å². The second-order valence-corrected chi connectivity index (χ2v) is 5.34. The Kier molecular flexibility index (Phi) is 3.73. The summed E-state index contributed by atoms with van der Waals surface area (Å²) in [6.45, 7) is 9.47. The molecule has 1 saturated heterocycles. The number of nitrogens with two attached hydrogens (primary N) is 1. The van der Waals surface area contributed by atoms with Gasteiger partial charge in [-0.05, 0) is 26.7 Å². The highest BCUT2D eigenvalue weighted by Crippen LogP contribution is 2.15. The molecule has 1 aliphatic heterocycles. The van der Waals surface area contributed by atoms with Crippen LogP contribution in [0.1, 0.15) is 27.7 Å². The molecule has 0 aromatic heterocycles. The van der Waals surface area contributed by atoms with E-state index in [4.69, 9.17) is 10.5 Å². The molecule has 2 N–H and O–H groups in total. The van der Waals surface area contributed by atoms with E-state index in [1.54, 1.807) is 4.90 Å². The summed E-state index contributed by atoms with van der Waals surface area (Å²) in [5.41, 5.74) is 5.59. The summed E-state index contributed by atoms with van der Waals surface area (Å²) in [7, 11) is 0. The third-order valence-electron chi connectivity index (χ3n) is 2.65. The fourth-order valence-corrected chi connectivity index (χ4v) is 1.57. The molecule has 2 unspecified atom stereocenters. The van der Waals surface area contributed by atoms with E-state index >= 15 is 0 Å². The van der Waals surface area contributed by atoms with Crippen LogP contribution in [0.5, 0.6) is 0 Å². The van der Waals surface area contributed by atoms with Crippen LogP contribution in [0.3, 0.4) is 0 Å². The van der Waals surface area contributed by atoms with E-state index < -0.39 is 0 Å². The number of hydrogen-bond acceptors (Lipinski definition) is 3. The molecule has 1 heterocycles. The van der Waals surface area contributed by atoms with Gasteiger partial charge in [0.05, 0.1) is 5.60 Å². The van der Waals surface area contributed by atoms with Gasteiger partial charge in [0.2, 0.25) is 5.91 Å². The Balaban J connectivity index is 2.36. The molecule has 0 saturated carbocycles. The van der Waals surface area contributed by atoms with E-state index in [1.165, 1.54) is 0 Å². The van der Waals surface area contributed by atoms with Gasteiger partial charge in [0.1, 0.15) is 6.61 Å². The minimum Gasteiger partial charge on any atom is -0.366 e. The first-order valence-corrected chi connectivity index (χ1v) is 5.47. The summed E-state index contributed by atoms with van der Waals surface area (Å²) in [5.74, 6) is 0.438. The Morgan fingerprint density at radius 2 is 2.07 bits per heavy atom. The van der Waals surface area contributed by atoms with Crippen LogP contribution < -0.4 is 5.73 Å². The Labute approximate surface area is 91.8 Å². The monoisotopic (exact) mass is 214 g/mol. The molecule has 0 aliphatic carbocycles. The molecule has 1 aliphatic rings. The topological polar surface area (TPSA) is 55.6 Å². The second-order valence-electron chi connectivity index (χ2n) is 5.34. The zero-order valence-corrected chi connectivity index (χ0v) is 10.1. The standard InChI is InChI=1S/C11H22N2O2/c1-8-5-13(6-9(8)12)10(14)7-15-11(2,3)4/h8-9H,5-7,12H2,1-4H3. The number of rotatable bonds is 2. The summed E-state index contributed by atoms with van der Waals surface area (Å²) in [5, 5.41) is 0. The van der Waals surface area contributed by atoms with Crippen LogP contribution >= 0.6 is 0 Å². The molecular weight excluding hydrogens is 192 g/mol. The molecule has 4 heteroatoms. The van der Waals surface area contributed by atoms with E-state index in [9.17, 15) is 4.79 Å². The molecule has 2 atom stereocenters. The largest absolute Gasteiger partial charge is 0.366 e. The number of likely N-dealkylation sites (tertiary alicyclic amines) is 1. The third-order valence-corrected chi connectivity index (χ3v) is 2.65. The third kappa shape index (κ3) is 3.80. The smallest absolute Gasteiger partial charge is 0.248 e. The van der Waals surface area contributed by atoms with Crippen molar-refractivity contribution in [3.05, 3.63) is 0 Å². The van der Waals surface area contributed by atoms with Gasteiger partial charge in [-0.3, -0.25) is 4.79 Å². The maximum Gasteiger partial charge on any atom is 0.248 e. The molecule has 1 amide bonds. The minimum atomic E-state index is -0.261. The van der Waals surface area contributed by atoms with Gasteiger partial charge in [-0.2, -0.15) is 0 Å². The number of amides is 1. The number of hydrogen-bond donors (Lipinski definition) is 1. The number of nitrogens with zero attached hydrogens (tertiary/aromatic N) is 1. The second kappa shape index (κ2) is 4.49. The molecule has 1 rings (SSSR count). The lowest BCUT2D eigenvalue weighted by atomic mass is 10.1. The Hall–Kier alpha value is -0.610. The van der Waals surface area contributed by atoms with E-state index in [-0.39, 0.29) is 24.2 Å². The maximum atomic E-state index is 11.7. The van der Waals surface area contributed by atoms with Crippen molar-refractivity contribution in [1.29, 1.82) is 0 Å². The van der Waals surface area contributed by atoms with Crippen LogP contribution in [0.4, 0.5) is 0 Å². The molecule has 88 valence electrons. The zero-order chi connectivity index (χ0) is 11.6. The van der Waals surface area contributed by atoms with Crippen LogP contribution in [-0.4, -0.2) is 42.1 Å². The van der Waals surface area contributed by atoms with Gasteiger partial charge in [-0.1, -0.05) is 6.92 Å². The van der Waals surface area contributed by atoms with Crippen LogP contribution in [0.2, 0.25) is 0 Å². The van der Waals surface area contributed by atoms with Crippen molar-refractivity contribution in [3.8, 4) is 0 Å². The predicted molar refractivity (Wildman–Crippen MR) is 59.4 cm³/mol. The summed E-state index contributed by atoms with van der Waals surface area (Å²) in [4.78, 5) is 13.5. The highest BCUT2D eigenvalue weighted by molar-refractivity contribution is 5.77. The van der Waals surface area contributed by atoms with Gasteiger partial charge in [-0.25, -0.2) is 0 Å². The summed E-state index contributed by atoms with van der Waals surface area (Å²) >= 11 is 0. The Morgan fingerprint density at radius 3 is 2.47 bits per heavy atom. The van der Waals surface area contributed by atoms with Gasteiger partial charge in [0, 0.05) is 19.1 Å². The summed E-state index contributed by atoms with van der Waals surface area (Å²) in [6, 6.07) is 0.114.